The quantitative estimate of drug-likeness (QED) is 0.0271. The summed E-state index contributed by atoms with van der Waals surface area (Å²) in [6.45, 7) is 15.9. The number of carbonyl (C=O) groups excluding carboxylic acids is 3. The Labute approximate surface area is 385 Å². The van der Waals surface area contributed by atoms with Crippen LogP contribution < -0.4 is 10.1 Å². The molecular weight excluding hydrogens is 849 g/mol. The number of amides is 2. The zero-order valence-corrected chi connectivity index (χ0v) is 38.0. The molecule has 3 N–H and O–H groups in total. The molecule has 2 amide bonds. The highest BCUT2D eigenvalue weighted by Crippen LogP contribution is 2.33. The van der Waals surface area contributed by atoms with Crippen molar-refractivity contribution in [3.8, 4) is 17.6 Å². The number of piperidine rings is 1. The second-order valence-corrected chi connectivity index (χ2v) is 16.2. The van der Waals surface area contributed by atoms with Crippen LogP contribution in [-0.2, 0) is 23.7 Å². The number of rotatable bonds is 26. The van der Waals surface area contributed by atoms with E-state index < -0.39 is 23.6 Å². The van der Waals surface area contributed by atoms with Crippen LogP contribution in [0.1, 0.15) is 59.1 Å². The van der Waals surface area contributed by atoms with E-state index in [0.717, 1.165) is 62.4 Å². The van der Waals surface area contributed by atoms with E-state index in [9.17, 15) is 24.8 Å². The summed E-state index contributed by atoms with van der Waals surface area (Å²) in [5, 5.41) is 27.5. The Morgan fingerprint density at radius 3 is 2.20 bits per heavy atom. The van der Waals surface area contributed by atoms with Gasteiger partial charge in [0.15, 0.2) is 5.82 Å². The third kappa shape index (κ3) is 13.8. The predicted molar refractivity (Wildman–Crippen MR) is 245 cm³/mol. The molecule has 0 bridgehead atoms. The molecule has 3 aromatic heterocycles. The van der Waals surface area contributed by atoms with Crippen LogP contribution in [0.4, 0.5) is 0 Å². The molecule has 6 rings (SSSR count). The van der Waals surface area contributed by atoms with Crippen LogP contribution in [0.2, 0.25) is 0 Å². The fourth-order valence-corrected chi connectivity index (χ4v) is 7.88. The van der Waals surface area contributed by atoms with Gasteiger partial charge >= 0.3 is 0 Å². The van der Waals surface area contributed by atoms with Gasteiger partial charge in [0.05, 0.1) is 107 Å². The van der Waals surface area contributed by atoms with Crippen molar-refractivity contribution < 1.29 is 43.2 Å². The van der Waals surface area contributed by atoms with Gasteiger partial charge in [-0.3, -0.25) is 19.3 Å². The van der Waals surface area contributed by atoms with E-state index in [4.69, 9.17) is 23.7 Å². The van der Waals surface area contributed by atoms with Crippen LogP contribution in [0.5, 0.6) is 5.75 Å². The number of benzene rings is 1. The van der Waals surface area contributed by atoms with Crippen molar-refractivity contribution in [3.63, 3.8) is 0 Å². The molecule has 1 atom stereocenters. The van der Waals surface area contributed by atoms with Crippen molar-refractivity contribution in [1.82, 2.24) is 44.7 Å². The van der Waals surface area contributed by atoms with E-state index in [1.54, 1.807) is 0 Å². The molecule has 0 radical (unpaired) electrons. The van der Waals surface area contributed by atoms with Gasteiger partial charge in [0.1, 0.15) is 12.1 Å². The highest BCUT2D eigenvalue weighted by atomic mass is 16.6. The third-order valence-electron chi connectivity index (χ3n) is 11.5. The number of allylic oxidation sites excluding steroid dienone is 1. The lowest BCUT2D eigenvalue weighted by Gasteiger charge is -2.34. The molecule has 354 valence electrons. The van der Waals surface area contributed by atoms with Crippen LogP contribution in [0.3, 0.4) is 0 Å². The van der Waals surface area contributed by atoms with E-state index in [1.807, 2.05) is 37.3 Å². The fourth-order valence-electron chi connectivity index (χ4n) is 7.88. The Kier molecular flexibility index (Phi) is 19.3. The molecule has 2 fully saturated rings. The summed E-state index contributed by atoms with van der Waals surface area (Å²) in [6.07, 6.45) is 6.48. The molecule has 0 unspecified atom stereocenters. The summed E-state index contributed by atoms with van der Waals surface area (Å²) in [5.41, 5.74) is 3.82. The second kappa shape index (κ2) is 25.7. The lowest BCUT2D eigenvalue weighted by atomic mass is 9.93. The number of ketones is 1. The normalized spacial score (nSPS) is 15.1. The van der Waals surface area contributed by atoms with Gasteiger partial charge in [-0.15, -0.1) is 5.10 Å². The molecule has 0 aliphatic carbocycles. The number of likely N-dealkylation sites (tertiary alicyclic amines) is 1. The van der Waals surface area contributed by atoms with Gasteiger partial charge in [0.25, 0.3) is 17.6 Å². The van der Waals surface area contributed by atoms with Gasteiger partial charge in [0, 0.05) is 52.0 Å². The molecule has 2 aliphatic heterocycles. The van der Waals surface area contributed by atoms with Crippen molar-refractivity contribution in [3.05, 3.63) is 83.7 Å². The number of carbonyl (C=O) groups is 3. The molecule has 5 heterocycles. The van der Waals surface area contributed by atoms with Crippen molar-refractivity contribution in [2.24, 2.45) is 0 Å². The number of aromatic amines is 1. The summed E-state index contributed by atoms with van der Waals surface area (Å²) >= 11 is 0. The van der Waals surface area contributed by atoms with Crippen LogP contribution >= 0.6 is 0 Å². The average Bonchev–Trinajstić information content (AvgIpc) is 4.02. The summed E-state index contributed by atoms with van der Waals surface area (Å²) in [4.78, 5) is 58.6. The summed E-state index contributed by atoms with van der Waals surface area (Å²) < 4.78 is 29.1. The van der Waals surface area contributed by atoms with Crippen LogP contribution in [0, 0.1) is 11.3 Å². The minimum atomic E-state index is -0.724. The molecule has 19 heteroatoms. The Morgan fingerprint density at radius 1 is 0.909 bits per heavy atom. The van der Waals surface area contributed by atoms with Crippen LogP contribution in [0.15, 0.2) is 66.8 Å². The van der Waals surface area contributed by atoms with Crippen molar-refractivity contribution in [2.75, 3.05) is 119 Å². The summed E-state index contributed by atoms with van der Waals surface area (Å²) in [7, 11) is 1.44. The number of pyridine rings is 1. The first-order valence-corrected chi connectivity index (χ1v) is 22.5. The average molecular weight is 911 g/mol. The molecule has 0 saturated carbocycles. The Hall–Kier alpha value is -5.85. The monoisotopic (exact) mass is 910 g/mol. The Bertz CT molecular complexity index is 2290. The highest BCUT2D eigenvalue weighted by Gasteiger charge is 2.31. The largest absolute Gasteiger partial charge is 0.494 e. The van der Waals surface area contributed by atoms with Gasteiger partial charge in [-0.1, -0.05) is 42.5 Å². The fraction of sp³-hybridized carbons (Fsp3) is 0.511. The predicted octanol–water partition coefficient (Wildman–Crippen LogP) is 3.07. The maximum absolute atomic E-state index is 13.8. The van der Waals surface area contributed by atoms with Gasteiger partial charge in [-0.2, -0.15) is 9.94 Å². The minimum absolute atomic E-state index is 0.0998. The van der Waals surface area contributed by atoms with Gasteiger partial charge in [-0.05, 0) is 50.3 Å². The zero-order valence-electron chi connectivity index (χ0n) is 38.0. The number of methoxy groups -OCH3 is 1. The number of aliphatic hydroxyl groups is 1. The SMILES string of the molecule is C=C(C)COCCOCCOCCOCCN1CCN(CCC[C@@H](CO)NC(=O)c2ncn(-c3ncc(OC)c4c(C(=O)C(=O)N5CCC(=C(C#N)c6ccccc6)CC5)c[nH]c34)n2)CC1. The molecule has 0 spiro atoms. The number of Topliss-reactive ketones (excluding diaryl/α,β-unsaturated/α-hetero) is 1. The van der Waals surface area contributed by atoms with E-state index in [-0.39, 0.29) is 29.6 Å². The van der Waals surface area contributed by atoms with Gasteiger partial charge in [-0.25, -0.2) is 9.97 Å². The van der Waals surface area contributed by atoms with Crippen molar-refractivity contribution in [1.29, 1.82) is 5.26 Å². The zero-order chi connectivity index (χ0) is 46.7. The molecule has 2 aliphatic rings. The number of hydrogen-bond donors (Lipinski definition) is 3. The molecular formula is C47H62N10O9. The Balaban J connectivity index is 0.915. The second-order valence-electron chi connectivity index (χ2n) is 16.2. The summed E-state index contributed by atoms with van der Waals surface area (Å²) in [6, 6.07) is 11.2. The number of nitrogens with one attached hydrogen (secondary N) is 2. The standard InChI is InChI=1S/C47H62N10O9/c1-34(2)32-66-27-26-65-25-24-64-23-22-63-21-20-55-18-16-54(17-19-55)13-7-10-37(31-58)52-46(60)44-51-33-57(53-44)45-42-41(40(62-3)30-50-45)39(29-49-42)43(59)47(61)56-14-11-36(12-15-56)38(28-48)35-8-5-4-6-9-35/h4-6,8-9,29-30,33,37,49,58H,1,7,10-27,31-32H2,2-3H3,(H,52,60)/t37-/m0/s1. The number of nitriles is 1. The number of aliphatic hydroxyl groups excluding tert-OH is 1. The number of ether oxygens (including phenoxy) is 5. The lowest BCUT2D eigenvalue weighted by molar-refractivity contribution is -0.126. The van der Waals surface area contributed by atoms with Crippen LogP contribution in [-0.4, -0.2) is 187 Å². The molecule has 19 nitrogen and oxygen atoms in total. The number of nitrogens with zero attached hydrogens (tertiary/aromatic N) is 8. The first-order chi connectivity index (χ1) is 32.2. The van der Waals surface area contributed by atoms with E-state index in [2.05, 4.69) is 47.8 Å². The number of hydrogen-bond acceptors (Lipinski definition) is 15. The van der Waals surface area contributed by atoms with E-state index in [1.165, 1.54) is 35.4 Å². The van der Waals surface area contributed by atoms with Crippen LogP contribution in [0.25, 0.3) is 22.3 Å². The molecule has 2 saturated heterocycles. The van der Waals surface area contributed by atoms with Gasteiger partial charge < -0.3 is 48.9 Å². The smallest absolute Gasteiger partial charge is 0.295 e. The summed E-state index contributed by atoms with van der Waals surface area (Å²) in [5.74, 6) is -1.58. The van der Waals surface area contributed by atoms with E-state index in [0.29, 0.717) is 102 Å². The molecule has 1 aromatic carbocycles. The molecule has 4 aromatic rings. The Morgan fingerprint density at radius 2 is 1.56 bits per heavy atom. The van der Waals surface area contributed by atoms with E-state index >= 15 is 0 Å². The maximum atomic E-state index is 13.8. The third-order valence-corrected chi connectivity index (χ3v) is 11.5. The maximum Gasteiger partial charge on any atom is 0.295 e. The first kappa shape index (κ1) is 49.6. The molecule has 66 heavy (non-hydrogen) atoms. The number of fused-ring (bicyclic) bond motifs is 1. The topological polar surface area (TPSA) is 223 Å². The van der Waals surface area contributed by atoms with Gasteiger partial charge in [0.2, 0.25) is 5.82 Å². The van der Waals surface area contributed by atoms with Crippen molar-refractivity contribution in [2.45, 2.75) is 38.6 Å². The first-order valence-electron chi connectivity index (χ1n) is 22.5. The number of H-pyrrole nitrogens is 1. The number of aromatic nitrogens is 5. The minimum Gasteiger partial charge on any atom is -0.494 e. The number of piperazine rings is 1. The lowest BCUT2D eigenvalue weighted by Crippen LogP contribution is -2.47. The van der Waals surface area contributed by atoms with Crippen molar-refractivity contribution >= 4 is 34.1 Å². The highest BCUT2D eigenvalue weighted by molar-refractivity contribution is 6.45.